The Morgan fingerprint density at radius 2 is 1.17 bits per heavy atom. The molecule has 0 aromatic rings. The molecule has 0 bridgehead atoms. The van der Waals surface area contributed by atoms with Crippen LogP contribution in [0, 0.1) is 10.2 Å². The average Bonchev–Trinajstić information content (AvgIpc) is 0.722. The molecule has 0 aliphatic carbocycles. The Kier molecular flexibility index (Phi) is 5.14. The monoisotopic (exact) mass is 215 g/mol. The number of hydrogen-bond acceptors (Lipinski definition) is 4. The van der Waals surface area contributed by atoms with Crippen LogP contribution in [0.1, 0.15) is 0 Å². The van der Waals surface area contributed by atoms with Gasteiger partial charge in [-0.05, 0) is 0 Å². The molecule has 6 heteroatoms. The molecule has 4 nitrogen and oxygen atoms in total. The van der Waals surface area contributed by atoms with E-state index in [4.69, 9.17) is 18.6 Å². The summed E-state index contributed by atoms with van der Waals surface area (Å²) in [6.07, 6.45) is 0. The van der Waals surface area contributed by atoms with Gasteiger partial charge in [0.05, 0.1) is 14.9 Å². The molecule has 0 aromatic heterocycles. The summed E-state index contributed by atoms with van der Waals surface area (Å²) in [5, 5.41) is 0. The van der Waals surface area contributed by atoms with Crippen LogP contribution in [-0.4, -0.2) is 30.5 Å². The van der Waals surface area contributed by atoms with Crippen molar-refractivity contribution in [2.45, 2.75) is 0 Å². The van der Waals surface area contributed by atoms with Crippen LogP contribution < -0.4 is 14.0 Å². The second-order valence-corrected chi connectivity index (χ2v) is 1.19. The quantitative estimate of drug-likeness (QED) is 0.441. The summed E-state index contributed by atoms with van der Waals surface area (Å²) in [5.74, 6) is 0. The van der Waals surface area contributed by atoms with Crippen LogP contribution in [0.15, 0.2) is 0 Å². The SMILES string of the molecule is [In].[O-][Cl+3]([O-])([O-])O. The second kappa shape index (κ2) is 3.06. The van der Waals surface area contributed by atoms with E-state index in [0.29, 0.717) is 0 Å². The Morgan fingerprint density at radius 1 is 1.17 bits per heavy atom. The molecule has 0 heterocycles. The van der Waals surface area contributed by atoms with Gasteiger partial charge in [0.15, 0.2) is 0 Å². The van der Waals surface area contributed by atoms with Gasteiger partial charge in [0, 0.05) is 25.8 Å². The zero-order valence-corrected chi connectivity index (χ0v) is 6.68. The van der Waals surface area contributed by atoms with Crippen LogP contribution >= 0.6 is 0 Å². The molecule has 1 N–H and O–H groups in total. The molecule has 0 spiro atoms. The van der Waals surface area contributed by atoms with Crippen LogP contribution in [0.4, 0.5) is 0 Å². The fraction of sp³-hybridized carbons (Fsp3) is 0. The van der Waals surface area contributed by atoms with E-state index in [1.165, 1.54) is 0 Å². The smallest absolute Gasteiger partial charge is 0.0777 e. The molecule has 0 saturated carbocycles. The molecular weight excluding hydrogens is 214 g/mol. The molecule has 0 aliphatic rings. The van der Waals surface area contributed by atoms with E-state index < -0.39 is 10.2 Å². The largest absolute Gasteiger partial charge is 0.183 e. The van der Waals surface area contributed by atoms with Crippen LogP contribution in [0.2, 0.25) is 0 Å². The maximum absolute atomic E-state index is 8.60. The Labute approximate surface area is 54.9 Å². The zero-order chi connectivity index (χ0) is 4.50. The third-order valence-electron chi connectivity index (χ3n) is 0. The normalized spacial score (nSPS) is 10.0. The van der Waals surface area contributed by atoms with Crippen molar-refractivity contribution < 1.29 is 28.9 Å². The molecule has 6 heavy (non-hydrogen) atoms. The van der Waals surface area contributed by atoms with Crippen molar-refractivity contribution in [3.05, 3.63) is 0 Å². The Balaban J connectivity index is 0. The van der Waals surface area contributed by atoms with E-state index in [-0.39, 0.29) is 25.8 Å². The van der Waals surface area contributed by atoms with Gasteiger partial charge in [-0.3, -0.25) is 0 Å². The van der Waals surface area contributed by atoms with Crippen LogP contribution in [-0.2, 0) is 0 Å². The maximum atomic E-state index is 8.60. The topological polar surface area (TPSA) is 89.4 Å². The van der Waals surface area contributed by atoms with Crippen molar-refractivity contribution >= 4 is 25.8 Å². The first-order chi connectivity index (χ1) is 2.00. The maximum Gasteiger partial charge on any atom is 0.0777 e. The Morgan fingerprint density at radius 3 is 1.17 bits per heavy atom. The van der Waals surface area contributed by atoms with Crippen LogP contribution in [0.3, 0.4) is 0 Å². The third kappa shape index (κ3) is 80.0. The first-order valence-corrected chi connectivity index (χ1v) is 1.90. The fourth-order valence-corrected chi connectivity index (χ4v) is 0. The van der Waals surface area contributed by atoms with E-state index >= 15 is 0 Å². The van der Waals surface area contributed by atoms with Crippen molar-refractivity contribution in [3.63, 3.8) is 0 Å². The molecule has 0 atom stereocenters. The van der Waals surface area contributed by atoms with Gasteiger partial charge in [-0.15, -0.1) is 0 Å². The average molecular weight is 215 g/mol. The van der Waals surface area contributed by atoms with Crippen molar-refractivity contribution in [1.82, 2.24) is 0 Å². The summed E-state index contributed by atoms with van der Waals surface area (Å²) in [7, 11) is -4.69. The molecule has 0 rings (SSSR count). The van der Waals surface area contributed by atoms with Gasteiger partial charge in [0.25, 0.3) is 0 Å². The first-order valence-electron chi connectivity index (χ1n) is 0.632. The molecule has 0 aromatic carbocycles. The van der Waals surface area contributed by atoms with Crippen molar-refractivity contribution in [1.29, 1.82) is 0 Å². The van der Waals surface area contributed by atoms with E-state index in [1.54, 1.807) is 0 Å². The second-order valence-electron chi connectivity index (χ2n) is 0.396. The minimum absolute atomic E-state index is 0. The first kappa shape index (κ1) is 10.1. The molecule has 0 unspecified atom stereocenters. The summed E-state index contributed by atoms with van der Waals surface area (Å²) in [5.41, 5.74) is 0. The van der Waals surface area contributed by atoms with Crippen LogP contribution in [0.25, 0.3) is 0 Å². The summed E-state index contributed by atoms with van der Waals surface area (Å²) < 4.78 is 32.7. The number of halogens is 1. The Hall–Kier alpha value is 1.00. The predicted octanol–water partition coefficient (Wildman–Crippen LogP) is -4.50. The molecule has 0 saturated heterocycles. The minimum atomic E-state index is -4.69. The van der Waals surface area contributed by atoms with Gasteiger partial charge in [-0.2, -0.15) is 14.0 Å². The summed E-state index contributed by atoms with van der Waals surface area (Å²) in [6.45, 7) is 0. The van der Waals surface area contributed by atoms with E-state index in [1.807, 2.05) is 0 Å². The zero-order valence-electron chi connectivity index (χ0n) is 2.63. The van der Waals surface area contributed by atoms with Crippen molar-refractivity contribution in [3.8, 4) is 0 Å². The van der Waals surface area contributed by atoms with Gasteiger partial charge >= 0.3 is 0 Å². The van der Waals surface area contributed by atoms with Gasteiger partial charge < -0.3 is 0 Å². The predicted molar refractivity (Wildman–Crippen MR) is 7.97 cm³/mol. The van der Waals surface area contributed by atoms with Gasteiger partial charge in [0.1, 0.15) is 0 Å². The molecule has 0 amide bonds. The molecule has 35 valence electrons. The van der Waals surface area contributed by atoms with Gasteiger partial charge in [0.2, 0.25) is 0 Å². The fourth-order valence-electron chi connectivity index (χ4n) is 0. The molecule has 0 aliphatic heterocycles. The van der Waals surface area contributed by atoms with E-state index in [9.17, 15) is 0 Å². The summed E-state index contributed by atoms with van der Waals surface area (Å²) in [6, 6.07) is 0. The van der Waals surface area contributed by atoms with E-state index in [2.05, 4.69) is 0 Å². The standard InChI is InChI=1S/ClHO4.In/c2-1(3,4)5;/h(H,2,3,4,5);. The molecule has 3 radical (unpaired) electrons. The summed E-state index contributed by atoms with van der Waals surface area (Å²) >= 11 is 0. The molecule has 0 fully saturated rings. The van der Waals surface area contributed by atoms with Crippen molar-refractivity contribution in [2.75, 3.05) is 0 Å². The number of rotatable bonds is 0. The van der Waals surface area contributed by atoms with E-state index in [0.717, 1.165) is 0 Å². The van der Waals surface area contributed by atoms with Gasteiger partial charge in [-0.1, -0.05) is 0 Å². The van der Waals surface area contributed by atoms with Gasteiger partial charge in [-0.25, -0.2) is 0 Å². The minimum Gasteiger partial charge on any atom is -0.183 e. The summed E-state index contributed by atoms with van der Waals surface area (Å²) in [4.78, 5) is 0. The van der Waals surface area contributed by atoms with Crippen LogP contribution in [0.5, 0.6) is 0 Å². The third-order valence-corrected chi connectivity index (χ3v) is 0. The van der Waals surface area contributed by atoms with Crippen molar-refractivity contribution in [2.24, 2.45) is 0 Å². The Bertz CT molecular complexity index is 23.0. The number of hydrogen-bond donors (Lipinski definition) is 1. The molecular formula is HClInO4.